The summed E-state index contributed by atoms with van der Waals surface area (Å²) in [4.78, 5) is 0. The smallest absolute Gasteiger partial charge is 0.0804 e. The topological polar surface area (TPSA) is 20.2 Å². The lowest BCUT2D eigenvalue weighted by atomic mass is 10.0. The predicted octanol–water partition coefficient (Wildman–Crippen LogP) is 7.10. The number of hydrogen-bond acceptors (Lipinski definition) is 1. The standard InChI is InChI=1S/C24H52NO/c1-4-5-6-7-8-9-10-11-12-13-14-15-16-17-18-19-20-22-25(2,3)23-21-24-26/h26H,4-24H2,1-3H3/q+1. The van der Waals surface area contributed by atoms with Gasteiger partial charge in [0, 0.05) is 13.0 Å². The molecule has 0 fully saturated rings. The fourth-order valence-electron chi connectivity index (χ4n) is 3.88. The van der Waals surface area contributed by atoms with Crippen molar-refractivity contribution in [3.63, 3.8) is 0 Å². The van der Waals surface area contributed by atoms with Gasteiger partial charge < -0.3 is 9.59 Å². The Labute approximate surface area is 166 Å². The van der Waals surface area contributed by atoms with Gasteiger partial charge in [-0.25, -0.2) is 0 Å². The first-order chi connectivity index (χ1) is 12.6. The Hall–Kier alpha value is -0.0800. The molecule has 0 bridgehead atoms. The number of quaternary nitrogens is 1. The first kappa shape index (κ1) is 25.9. The second-order valence-electron chi connectivity index (χ2n) is 9.12. The van der Waals surface area contributed by atoms with Crippen molar-refractivity contribution in [2.75, 3.05) is 33.8 Å². The van der Waals surface area contributed by atoms with Crippen molar-refractivity contribution in [1.82, 2.24) is 0 Å². The molecule has 2 heteroatoms. The van der Waals surface area contributed by atoms with Crippen LogP contribution in [0.25, 0.3) is 0 Å². The second-order valence-corrected chi connectivity index (χ2v) is 9.12. The second kappa shape index (κ2) is 19.7. The van der Waals surface area contributed by atoms with Crippen molar-refractivity contribution < 1.29 is 9.59 Å². The molecule has 0 saturated heterocycles. The van der Waals surface area contributed by atoms with Crippen LogP contribution in [0.3, 0.4) is 0 Å². The minimum absolute atomic E-state index is 0.334. The van der Waals surface area contributed by atoms with Gasteiger partial charge >= 0.3 is 0 Å². The highest BCUT2D eigenvalue weighted by Crippen LogP contribution is 2.14. The third kappa shape index (κ3) is 20.2. The molecular weight excluding hydrogens is 318 g/mol. The molecule has 0 unspecified atom stereocenters. The largest absolute Gasteiger partial charge is 0.396 e. The van der Waals surface area contributed by atoms with Crippen LogP contribution in [0.4, 0.5) is 0 Å². The van der Waals surface area contributed by atoms with E-state index in [9.17, 15) is 0 Å². The number of hydrogen-bond donors (Lipinski definition) is 1. The molecule has 0 rings (SSSR count). The molecule has 0 aromatic heterocycles. The summed E-state index contributed by atoms with van der Waals surface area (Å²) in [5.41, 5.74) is 0. The van der Waals surface area contributed by atoms with Crippen molar-refractivity contribution in [2.24, 2.45) is 0 Å². The molecule has 1 N–H and O–H groups in total. The highest BCUT2D eigenvalue weighted by Gasteiger charge is 2.13. The SMILES string of the molecule is CCCCCCCCCCCCCCCCCCC[N+](C)(C)CCCO. The zero-order valence-electron chi connectivity index (χ0n) is 18.7. The summed E-state index contributed by atoms with van der Waals surface area (Å²) < 4.78 is 1.07. The van der Waals surface area contributed by atoms with Crippen LogP contribution >= 0.6 is 0 Å². The summed E-state index contributed by atoms with van der Waals surface area (Å²) in [7, 11) is 4.59. The zero-order valence-corrected chi connectivity index (χ0v) is 18.7. The van der Waals surface area contributed by atoms with Gasteiger partial charge in [0.05, 0.1) is 27.2 Å². The van der Waals surface area contributed by atoms with Crippen LogP contribution in [0.2, 0.25) is 0 Å². The third-order valence-corrected chi connectivity index (χ3v) is 5.79. The fraction of sp³-hybridized carbons (Fsp3) is 1.00. The number of unbranched alkanes of at least 4 members (excludes halogenated alkanes) is 16. The summed E-state index contributed by atoms with van der Waals surface area (Å²) in [5, 5.41) is 8.94. The Morgan fingerprint density at radius 1 is 0.462 bits per heavy atom. The van der Waals surface area contributed by atoms with Crippen LogP contribution in [-0.2, 0) is 0 Å². The minimum Gasteiger partial charge on any atom is -0.396 e. The number of aliphatic hydroxyl groups is 1. The van der Waals surface area contributed by atoms with E-state index in [-0.39, 0.29) is 0 Å². The van der Waals surface area contributed by atoms with Crippen molar-refractivity contribution >= 4 is 0 Å². The van der Waals surface area contributed by atoms with Crippen LogP contribution in [0.15, 0.2) is 0 Å². The third-order valence-electron chi connectivity index (χ3n) is 5.79. The maximum Gasteiger partial charge on any atom is 0.0804 e. The maximum atomic E-state index is 8.94. The van der Waals surface area contributed by atoms with Crippen LogP contribution in [-0.4, -0.2) is 43.4 Å². The summed E-state index contributed by atoms with van der Waals surface area (Å²) in [5.74, 6) is 0. The Morgan fingerprint density at radius 3 is 1.12 bits per heavy atom. The molecule has 0 amide bonds. The van der Waals surface area contributed by atoms with Gasteiger partial charge in [-0.1, -0.05) is 103 Å². The van der Waals surface area contributed by atoms with E-state index in [1.54, 1.807) is 0 Å². The highest BCUT2D eigenvalue weighted by atomic mass is 16.3. The van der Waals surface area contributed by atoms with Crippen LogP contribution < -0.4 is 0 Å². The van der Waals surface area contributed by atoms with Gasteiger partial charge in [0.1, 0.15) is 0 Å². The van der Waals surface area contributed by atoms with Gasteiger partial charge in [-0.3, -0.25) is 0 Å². The lowest BCUT2D eigenvalue weighted by molar-refractivity contribution is -0.890. The fourth-order valence-corrected chi connectivity index (χ4v) is 3.88. The molecule has 0 aromatic carbocycles. The molecule has 0 aromatic rings. The number of aliphatic hydroxyl groups excluding tert-OH is 1. The maximum absolute atomic E-state index is 8.94. The monoisotopic (exact) mass is 370 g/mol. The van der Waals surface area contributed by atoms with Gasteiger partial charge in [-0.15, -0.1) is 0 Å². The van der Waals surface area contributed by atoms with E-state index in [0.29, 0.717) is 6.61 Å². The lowest BCUT2D eigenvalue weighted by Crippen LogP contribution is -2.41. The summed E-state index contributed by atoms with van der Waals surface area (Å²) >= 11 is 0. The highest BCUT2D eigenvalue weighted by molar-refractivity contribution is 4.50. The van der Waals surface area contributed by atoms with Gasteiger partial charge in [0.15, 0.2) is 0 Å². The molecule has 0 heterocycles. The quantitative estimate of drug-likeness (QED) is 0.169. The van der Waals surface area contributed by atoms with E-state index in [4.69, 9.17) is 5.11 Å². The average Bonchev–Trinajstić information content (AvgIpc) is 2.62. The first-order valence-corrected chi connectivity index (χ1v) is 12.1. The van der Waals surface area contributed by atoms with Gasteiger partial charge in [0.25, 0.3) is 0 Å². The van der Waals surface area contributed by atoms with Gasteiger partial charge in [-0.05, 0) is 12.8 Å². The average molecular weight is 371 g/mol. The van der Waals surface area contributed by atoms with Crippen molar-refractivity contribution in [2.45, 2.75) is 122 Å². The van der Waals surface area contributed by atoms with E-state index in [2.05, 4.69) is 21.0 Å². The molecule has 0 radical (unpaired) electrons. The predicted molar refractivity (Wildman–Crippen MR) is 118 cm³/mol. The summed E-state index contributed by atoms with van der Waals surface area (Å²) in [6.07, 6.45) is 25.4. The molecule has 0 spiro atoms. The Bertz CT molecular complexity index is 265. The van der Waals surface area contributed by atoms with E-state index in [1.165, 1.54) is 116 Å². The van der Waals surface area contributed by atoms with Gasteiger partial charge in [0.2, 0.25) is 0 Å². The summed E-state index contributed by atoms with van der Waals surface area (Å²) in [6, 6.07) is 0. The van der Waals surface area contributed by atoms with Crippen molar-refractivity contribution in [1.29, 1.82) is 0 Å². The van der Waals surface area contributed by atoms with Gasteiger partial charge in [-0.2, -0.15) is 0 Å². The van der Waals surface area contributed by atoms with Crippen molar-refractivity contribution in [3.8, 4) is 0 Å². The molecule has 0 aliphatic carbocycles. The van der Waals surface area contributed by atoms with Crippen LogP contribution in [0.5, 0.6) is 0 Å². The normalized spacial score (nSPS) is 12.0. The molecule has 0 aliphatic rings. The Morgan fingerprint density at radius 2 is 0.769 bits per heavy atom. The van der Waals surface area contributed by atoms with E-state index in [1.807, 2.05) is 0 Å². The minimum atomic E-state index is 0.334. The molecule has 0 aliphatic heterocycles. The number of rotatable bonds is 21. The molecule has 0 saturated carbocycles. The van der Waals surface area contributed by atoms with Crippen LogP contribution in [0.1, 0.15) is 122 Å². The van der Waals surface area contributed by atoms with Crippen LogP contribution in [0, 0.1) is 0 Å². The van der Waals surface area contributed by atoms with E-state index >= 15 is 0 Å². The Balaban J connectivity index is 3.13. The lowest BCUT2D eigenvalue weighted by Gasteiger charge is -2.29. The number of nitrogens with zero attached hydrogens (tertiary/aromatic N) is 1. The zero-order chi connectivity index (χ0) is 19.3. The first-order valence-electron chi connectivity index (χ1n) is 12.1. The molecular formula is C24H52NO+. The van der Waals surface area contributed by atoms with Crippen molar-refractivity contribution in [3.05, 3.63) is 0 Å². The molecule has 2 nitrogen and oxygen atoms in total. The van der Waals surface area contributed by atoms with E-state index < -0.39 is 0 Å². The summed E-state index contributed by atoms with van der Waals surface area (Å²) in [6.45, 7) is 5.00. The Kier molecular flexibility index (Phi) is 19.6. The van der Waals surface area contributed by atoms with E-state index in [0.717, 1.165) is 17.4 Å². The molecule has 0 atom stereocenters. The molecule has 158 valence electrons. The molecule has 26 heavy (non-hydrogen) atoms.